The van der Waals surface area contributed by atoms with Crippen molar-refractivity contribution in [3.8, 4) is 5.75 Å². The summed E-state index contributed by atoms with van der Waals surface area (Å²) in [5.74, 6) is 0.579. The number of rotatable bonds is 2. The molecule has 3 heteroatoms. The Bertz CT molecular complexity index is 250. The fourth-order valence-corrected chi connectivity index (χ4v) is 1.46. The van der Waals surface area contributed by atoms with Crippen LogP contribution >= 0.6 is 15.9 Å². The van der Waals surface area contributed by atoms with E-state index in [1.165, 1.54) is 7.11 Å². The van der Waals surface area contributed by atoms with Gasteiger partial charge in [-0.3, -0.25) is 0 Å². The second kappa shape index (κ2) is 3.72. The Morgan fingerprint density at radius 3 is 2.73 bits per heavy atom. The van der Waals surface area contributed by atoms with Gasteiger partial charge in [0, 0.05) is 5.56 Å². The van der Waals surface area contributed by atoms with Gasteiger partial charge >= 0.3 is 0 Å². The minimum absolute atomic E-state index is 0.497. The highest BCUT2D eigenvalue weighted by Gasteiger charge is 2.04. The SMILES string of the molecule is COc1c(Br)cccc1CF. The normalized spacial score (nSPS) is 9.73. The van der Waals surface area contributed by atoms with E-state index in [0.29, 0.717) is 11.3 Å². The smallest absolute Gasteiger partial charge is 0.138 e. The van der Waals surface area contributed by atoms with E-state index in [1.807, 2.05) is 6.07 Å². The van der Waals surface area contributed by atoms with Crippen molar-refractivity contribution in [2.24, 2.45) is 0 Å². The van der Waals surface area contributed by atoms with Gasteiger partial charge in [-0.25, -0.2) is 4.39 Å². The Balaban J connectivity index is 3.13. The van der Waals surface area contributed by atoms with Crippen LogP contribution in [0.3, 0.4) is 0 Å². The highest BCUT2D eigenvalue weighted by molar-refractivity contribution is 9.10. The Morgan fingerprint density at radius 1 is 1.55 bits per heavy atom. The molecule has 0 aliphatic carbocycles. The third-order valence-electron chi connectivity index (χ3n) is 1.40. The van der Waals surface area contributed by atoms with Gasteiger partial charge in [-0.05, 0) is 22.0 Å². The van der Waals surface area contributed by atoms with Crippen LogP contribution < -0.4 is 4.74 Å². The third-order valence-corrected chi connectivity index (χ3v) is 2.02. The van der Waals surface area contributed by atoms with E-state index < -0.39 is 6.67 Å². The number of methoxy groups -OCH3 is 1. The summed E-state index contributed by atoms with van der Waals surface area (Å²) >= 11 is 3.26. The molecule has 1 aromatic carbocycles. The molecule has 0 aliphatic heterocycles. The van der Waals surface area contributed by atoms with Crippen molar-refractivity contribution in [3.05, 3.63) is 28.2 Å². The molecule has 0 heterocycles. The standard InChI is InChI=1S/C8H8BrFO/c1-11-8-6(5-10)3-2-4-7(8)9/h2-4H,5H2,1H3. The molecule has 0 amide bonds. The van der Waals surface area contributed by atoms with E-state index in [1.54, 1.807) is 12.1 Å². The molecule has 0 spiro atoms. The van der Waals surface area contributed by atoms with Gasteiger partial charge in [0.05, 0.1) is 11.6 Å². The predicted octanol–water partition coefficient (Wildman–Crippen LogP) is 2.93. The molecule has 0 saturated heterocycles. The lowest BCUT2D eigenvalue weighted by Gasteiger charge is -2.06. The van der Waals surface area contributed by atoms with Crippen LogP contribution in [0.4, 0.5) is 4.39 Å². The van der Waals surface area contributed by atoms with Gasteiger partial charge in [-0.1, -0.05) is 12.1 Å². The molecule has 0 aliphatic rings. The fraction of sp³-hybridized carbons (Fsp3) is 0.250. The zero-order valence-corrected chi connectivity index (χ0v) is 7.69. The van der Waals surface area contributed by atoms with E-state index in [4.69, 9.17) is 4.74 Å². The van der Waals surface area contributed by atoms with Crippen molar-refractivity contribution in [2.45, 2.75) is 6.67 Å². The maximum atomic E-state index is 12.3. The molecule has 1 aromatic rings. The van der Waals surface area contributed by atoms with Crippen molar-refractivity contribution in [3.63, 3.8) is 0 Å². The van der Waals surface area contributed by atoms with Gasteiger partial charge in [0.25, 0.3) is 0 Å². The molecular weight excluding hydrogens is 211 g/mol. The lowest BCUT2D eigenvalue weighted by molar-refractivity contribution is 0.391. The average molecular weight is 219 g/mol. The summed E-state index contributed by atoms with van der Waals surface area (Å²) in [4.78, 5) is 0. The first-order valence-corrected chi connectivity index (χ1v) is 3.96. The first-order chi connectivity index (χ1) is 5.29. The largest absolute Gasteiger partial charge is 0.495 e. The van der Waals surface area contributed by atoms with Crippen molar-refractivity contribution >= 4 is 15.9 Å². The summed E-state index contributed by atoms with van der Waals surface area (Å²) in [6, 6.07) is 5.29. The minimum Gasteiger partial charge on any atom is -0.495 e. The van der Waals surface area contributed by atoms with Crippen LogP contribution in [0, 0.1) is 0 Å². The summed E-state index contributed by atoms with van der Waals surface area (Å²) < 4.78 is 18.0. The topological polar surface area (TPSA) is 9.23 Å². The van der Waals surface area contributed by atoms with E-state index in [9.17, 15) is 4.39 Å². The van der Waals surface area contributed by atoms with Crippen molar-refractivity contribution in [1.29, 1.82) is 0 Å². The van der Waals surface area contributed by atoms with Crippen molar-refractivity contribution in [1.82, 2.24) is 0 Å². The van der Waals surface area contributed by atoms with Crippen LogP contribution in [0.1, 0.15) is 5.56 Å². The van der Waals surface area contributed by atoms with Crippen molar-refractivity contribution < 1.29 is 9.13 Å². The number of para-hydroxylation sites is 1. The quantitative estimate of drug-likeness (QED) is 0.742. The second-order valence-corrected chi connectivity index (χ2v) is 2.92. The van der Waals surface area contributed by atoms with E-state index in [2.05, 4.69) is 15.9 Å². The summed E-state index contributed by atoms with van der Waals surface area (Å²) in [6.07, 6.45) is 0. The Labute approximate surface area is 73.3 Å². The first-order valence-electron chi connectivity index (χ1n) is 3.17. The molecule has 0 N–H and O–H groups in total. The van der Waals surface area contributed by atoms with E-state index in [-0.39, 0.29) is 0 Å². The first kappa shape index (κ1) is 8.53. The zero-order chi connectivity index (χ0) is 8.27. The van der Waals surface area contributed by atoms with E-state index in [0.717, 1.165) is 4.47 Å². The van der Waals surface area contributed by atoms with Gasteiger partial charge in [0.2, 0.25) is 0 Å². The molecule has 0 atom stereocenters. The maximum absolute atomic E-state index is 12.3. The third kappa shape index (κ3) is 1.71. The highest BCUT2D eigenvalue weighted by Crippen LogP contribution is 2.28. The molecule has 0 saturated carbocycles. The lowest BCUT2D eigenvalue weighted by Crippen LogP contribution is -1.89. The van der Waals surface area contributed by atoms with Crippen LogP contribution in [0.5, 0.6) is 5.75 Å². The Kier molecular flexibility index (Phi) is 2.88. The molecule has 11 heavy (non-hydrogen) atoms. The van der Waals surface area contributed by atoms with Crippen LogP contribution in [-0.4, -0.2) is 7.11 Å². The monoisotopic (exact) mass is 218 g/mol. The molecule has 0 bridgehead atoms. The number of hydrogen-bond acceptors (Lipinski definition) is 1. The number of alkyl halides is 1. The number of ether oxygens (including phenoxy) is 1. The van der Waals surface area contributed by atoms with Gasteiger partial charge < -0.3 is 4.74 Å². The Morgan fingerprint density at radius 2 is 2.27 bits per heavy atom. The molecule has 1 rings (SSSR count). The average Bonchev–Trinajstić information content (AvgIpc) is 2.04. The van der Waals surface area contributed by atoms with Gasteiger partial charge in [-0.2, -0.15) is 0 Å². The summed E-state index contributed by atoms with van der Waals surface area (Å²) in [5.41, 5.74) is 0.571. The highest BCUT2D eigenvalue weighted by atomic mass is 79.9. The van der Waals surface area contributed by atoms with Crippen LogP contribution in [0.15, 0.2) is 22.7 Å². The molecule has 0 aromatic heterocycles. The summed E-state index contributed by atoms with van der Waals surface area (Å²) in [7, 11) is 1.53. The van der Waals surface area contributed by atoms with E-state index >= 15 is 0 Å². The van der Waals surface area contributed by atoms with Crippen LogP contribution in [0.2, 0.25) is 0 Å². The number of benzene rings is 1. The maximum Gasteiger partial charge on any atom is 0.138 e. The lowest BCUT2D eigenvalue weighted by atomic mass is 10.2. The molecule has 0 fully saturated rings. The second-order valence-electron chi connectivity index (χ2n) is 2.07. The van der Waals surface area contributed by atoms with Crippen molar-refractivity contribution in [2.75, 3.05) is 7.11 Å². The predicted molar refractivity (Wildman–Crippen MR) is 45.5 cm³/mol. The van der Waals surface area contributed by atoms with Gasteiger partial charge in [0.15, 0.2) is 0 Å². The molecule has 0 radical (unpaired) electrons. The zero-order valence-electron chi connectivity index (χ0n) is 6.10. The molecule has 0 unspecified atom stereocenters. The van der Waals surface area contributed by atoms with Gasteiger partial charge in [-0.15, -0.1) is 0 Å². The fourth-order valence-electron chi connectivity index (χ4n) is 0.887. The van der Waals surface area contributed by atoms with Crippen LogP contribution in [0.25, 0.3) is 0 Å². The molecule has 60 valence electrons. The molecular formula is C8H8BrFO. The molecule has 1 nitrogen and oxygen atoms in total. The number of hydrogen-bond donors (Lipinski definition) is 0. The Hall–Kier alpha value is -0.570. The van der Waals surface area contributed by atoms with Crippen LogP contribution in [-0.2, 0) is 6.67 Å². The van der Waals surface area contributed by atoms with Gasteiger partial charge in [0.1, 0.15) is 12.4 Å². The number of halogens is 2. The summed E-state index contributed by atoms with van der Waals surface area (Å²) in [6.45, 7) is -0.497. The minimum atomic E-state index is -0.497. The summed E-state index contributed by atoms with van der Waals surface area (Å²) in [5, 5.41) is 0.